The minimum atomic E-state index is 0.111. The van der Waals surface area contributed by atoms with Gasteiger partial charge in [-0.25, -0.2) is 0 Å². The molecule has 0 atom stereocenters. The number of carbonyl (C=O) groups is 1. The van der Waals surface area contributed by atoms with Gasteiger partial charge in [0.2, 0.25) is 17.7 Å². The molecule has 0 N–H and O–H groups in total. The Hall–Kier alpha value is -1.78. The summed E-state index contributed by atoms with van der Waals surface area (Å²) >= 11 is 0. The molecule has 0 radical (unpaired) electrons. The summed E-state index contributed by atoms with van der Waals surface area (Å²) < 4.78 is 10.2. The normalized spacial score (nSPS) is 9.43. The number of rotatable bonds is 7. The highest BCUT2D eigenvalue weighted by Crippen LogP contribution is 2.18. The highest BCUT2D eigenvalue weighted by molar-refractivity contribution is 5.78. The summed E-state index contributed by atoms with van der Waals surface area (Å²) in [6.07, 6.45) is 1.30. The molecule has 120 valence electrons. The van der Waals surface area contributed by atoms with E-state index >= 15 is 0 Å². The third kappa shape index (κ3) is 6.47. The monoisotopic (exact) mass is 296 g/mol. The van der Waals surface area contributed by atoms with Gasteiger partial charge in [-0.1, -0.05) is 20.8 Å². The number of likely N-dealkylation sites (N-methyl/N-ethyl adjacent to an activating group) is 1. The van der Waals surface area contributed by atoms with E-state index in [0.29, 0.717) is 18.2 Å². The van der Waals surface area contributed by atoms with Crippen LogP contribution in [0, 0.1) is 0 Å². The molecule has 0 saturated heterocycles. The van der Waals surface area contributed by atoms with E-state index in [2.05, 4.69) is 11.9 Å². The first-order chi connectivity index (χ1) is 10.1. The second-order valence-electron chi connectivity index (χ2n) is 4.21. The van der Waals surface area contributed by atoms with Crippen LogP contribution in [0.25, 0.3) is 0 Å². The fourth-order valence-corrected chi connectivity index (χ4v) is 1.86. The average molecular weight is 296 g/mol. The predicted octanol–water partition coefficient (Wildman–Crippen LogP) is 2.93. The zero-order chi connectivity index (χ0) is 16.3. The molecule has 0 spiro atoms. The maximum absolute atomic E-state index is 12.2. The lowest BCUT2D eigenvalue weighted by molar-refractivity contribution is -0.130. The Labute approximate surface area is 128 Å². The van der Waals surface area contributed by atoms with Crippen molar-refractivity contribution >= 4 is 5.91 Å². The van der Waals surface area contributed by atoms with Crippen LogP contribution in [0.2, 0.25) is 0 Å². The molecule has 1 aromatic rings. The minimum absolute atomic E-state index is 0.111. The predicted molar refractivity (Wildman–Crippen MR) is 84.9 cm³/mol. The Morgan fingerprint density at radius 3 is 2.05 bits per heavy atom. The number of hydrogen-bond acceptors (Lipinski definition) is 4. The molecule has 21 heavy (non-hydrogen) atoms. The number of hydrogen-bond donors (Lipinski definition) is 0. The summed E-state index contributed by atoms with van der Waals surface area (Å²) in [6.45, 7) is 9.57. The maximum Gasteiger partial charge on any atom is 0.226 e. The Balaban J connectivity index is 0.00000191. The Morgan fingerprint density at radius 1 is 1.14 bits per heavy atom. The van der Waals surface area contributed by atoms with E-state index in [0.717, 1.165) is 25.1 Å². The molecule has 0 saturated carbocycles. The second kappa shape index (κ2) is 10.9. The van der Waals surface area contributed by atoms with Crippen LogP contribution < -0.4 is 9.47 Å². The van der Waals surface area contributed by atoms with Crippen molar-refractivity contribution in [3.05, 3.63) is 17.7 Å². The van der Waals surface area contributed by atoms with Crippen LogP contribution in [-0.2, 0) is 11.2 Å². The molecular weight excluding hydrogens is 268 g/mol. The first kappa shape index (κ1) is 19.2. The summed E-state index contributed by atoms with van der Waals surface area (Å²) in [5.74, 6) is 1.03. The molecule has 1 rings (SSSR count). The van der Waals surface area contributed by atoms with Gasteiger partial charge >= 0.3 is 0 Å². The number of aromatic nitrogens is 1. The fourth-order valence-electron chi connectivity index (χ4n) is 1.86. The lowest BCUT2D eigenvalue weighted by atomic mass is 10.1. The molecule has 0 aliphatic rings. The van der Waals surface area contributed by atoms with Crippen molar-refractivity contribution in [2.75, 3.05) is 27.3 Å². The van der Waals surface area contributed by atoms with Crippen LogP contribution in [0.4, 0.5) is 0 Å². The van der Waals surface area contributed by atoms with Gasteiger partial charge in [-0.05, 0) is 18.9 Å². The van der Waals surface area contributed by atoms with Gasteiger partial charge in [0.15, 0.2) is 0 Å². The lowest BCUT2D eigenvalue weighted by Crippen LogP contribution is -2.32. The van der Waals surface area contributed by atoms with Gasteiger partial charge in [0, 0.05) is 25.2 Å². The lowest BCUT2D eigenvalue weighted by Gasteiger charge is -2.20. The molecule has 0 bridgehead atoms. The third-order valence-corrected chi connectivity index (χ3v) is 2.84. The molecule has 0 aromatic carbocycles. The van der Waals surface area contributed by atoms with Crippen LogP contribution in [0.5, 0.6) is 11.8 Å². The average Bonchev–Trinajstić information content (AvgIpc) is 2.53. The van der Waals surface area contributed by atoms with Crippen molar-refractivity contribution in [1.29, 1.82) is 0 Å². The number of carbonyl (C=O) groups excluding carboxylic acids is 1. The third-order valence-electron chi connectivity index (χ3n) is 2.84. The van der Waals surface area contributed by atoms with Gasteiger partial charge in [-0.2, -0.15) is 4.98 Å². The van der Waals surface area contributed by atoms with Crippen molar-refractivity contribution in [2.24, 2.45) is 0 Å². The quantitative estimate of drug-likeness (QED) is 0.776. The summed E-state index contributed by atoms with van der Waals surface area (Å²) in [6, 6.07) is 3.53. The number of pyridine rings is 1. The summed E-state index contributed by atoms with van der Waals surface area (Å²) in [4.78, 5) is 18.1. The van der Waals surface area contributed by atoms with E-state index in [-0.39, 0.29) is 5.91 Å². The molecule has 5 nitrogen and oxygen atoms in total. The molecule has 5 heteroatoms. The summed E-state index contributed by atoms with van der Waals surface area (Å²) in [7, 11) is 3.09. The van der Waals surface area contributed by atoms with E-state index in [4.69, 9.17) is 9.47 Å². The standard InChI is InChI=1S/C14H22N2O3.C2H6/c1-5-7-16(6-2)14(17)10-11-8-12(18-3)15-13(9-11)19-4;1-2/h8-9H,5-7,10H2,1-4H3;1-2H3. The number of amides is 1. The first-order valence-electron chi connectivity index (χ1n) is 7.51. The van der Waals surface area contributed by atoms with Crippen molar-refractivity contribution in [1.82, 2.24) is 9.88 Å². The van der Waals surface area contributed by atoms with E-state index in [9.17, 15) is 4.79 Å². The van der Waals surface area contributed by atoms with Crippen LogP contribution in [0.3, 0.4) is 0 Å². The molecule has 1 heterocycles. The Morgan fingerprint density at radius 2 is 1.67 bits per heavy atom. The van der Waals surface area contributed by atoms with Crippen molar-refractivity contribution in [2.45, 2.75) is 40.5 Å². The van der Waals surface area contributed by atoms with Gasteiger partial charge in [0.05, 0.1) is 20.6 Å². The van der Waals surface area contributed by atoms with E-state index in [1.807, 2.05) is 25.7 Å². The van der Waals surface area contributed by atoms with Crippen molar-refractivity contribution in [3.63, 3.8) is 0 Å². The van der Waals surface area contributed by atoms with Crippen molar-refractivity contribution < 1.29 is 14.3 Å². The molecular formula is C16H28N2O3. The molecule has 1 amide bonds. The largest absolute Gasteiger partial charge is 0.481 e. The van der Waals surface area contributed by atoms with Gasteiger partial charge in [-0.3, -0.25) is 4.79 Å². The highest BCUT2D eigenvalue weighted by atomic mass is 16.5. The summed E-state index contributed by atoms with van der Waals surface area (Å²) in [5.41, 5.74) is 0.850. The molecule has 0 unspecified atom stereocenters. The van der Waals surface area contributed by atoms with Gasteiger partial charge in [-0.15, -0.1) is 0 Å². The smallest absolute Gasteiger partial charge is 0.226 e. The van der Waals surface area contributed by atoms with Crippen LogP contribution in [0.15, 0.2) is 12.1 Å². The van der Waals surface area contributed by atoms with Gasteiger partial charge < -0.3 is 14.4 Å². The maximum atomic E-state index is 12.2. The fraction of sp³-hybridized carbons (Fsp3) is 0.625. The van der Waals surface area contributed by atoms with E-state index in [1.165, 1.54) is 0 Å². The van der Waals surface area contributed by atoms with E-state index < -0.39 is 0 Å². The Bertz CT molecular complexity index is 400. The number of methoxy groups -OCH3 is 2. The first-order valence-corrected chi connectivity index (χ1v) is 7.51. The zero-order valence-electron chi connectivity index (χ0n) is 14.1. The minimum Gasteiger partial charge on any atom is -0.481 e. The van der Waals surface area contributed by atoms with Gasteiger partial charge in [0.25, 0.3) is 0 Å². The highest BCUT2D eigenvalue weighted by Gasteiger charge is 2.13. The van der Waals surface area contributed by atoms with Crippen molar-refractivity contribution in [3.8, 4) is 11.8 Å². The molecule has 0 aliphatic heterocycles. The van der Waals surface area contributed by atoms with Crippen LogP contribution >= 0.6 is 0 Å². The SMILES string of the molecule is CC.CCCN(CC)C(=O)Cc1cc(OC)nc(OC)c1. The Kier molecular flexibility index (Phi) is 10.0. The summed E-state index contributed by atoms with van der Waals surface area (Å²) in [5, 5.41) is 0. The topological polar surface area (TPSA) is 51.7 Å². The number of ether oxygens (including phenoxy) is 2. The molecule has 0 fully saturated rings. The number of nitrogens with zero attached hydrogens (tertiary/aromatic N) is 2. The van der Waals surface area contributed by atoms with Crippen LogP contribution in [0.1, 0.15) is 39.7 Å². The molecule has 0 aliphatic carbocycles. The molecule has 1 aromatic heterocycles. The van der Waals surface area contributed by atoms with Crippen LogP contribution in [-0.4, -0.2) is 43.1 Å². The zero-order valence-corrected chi connectivity index (χ0v) is 14.1. The van der Waals surface area contributed by atoms with Gasteiger partial charge in [0.1, 0.15) is 0 Å². The second-order valence-corrected chi connectivity index (χ2v) is 4.21. The van der Waals surface area contributed by atoms with E-state index in [1.54, 1.807) is 26.4 Å².